The van der Waals surface area contributed by atoms with E-state index in [1.165, 1.54) is 6.92 Å². The van der Waals surface area contributed by atoms with Crippen LogP contribution in [0.2, 0.25) is 0 Å². The van der Waals surface area contributed by atoms with E-state index in [0.29, 0.717) is 0 Å². The minimum absolute atomic E-state index is 0.139. The van der Waals surface area contributed by atoms with E-state index in [9.17, 15) is 0 Å². The minimum Gasteiger partial charge on any atom is -0.394 e. The number of aliphatic hydroxyl groups is 2. The summed E-state index contributed by atoms with van der Waals surface area (Å²) in [5.41, 5.74) is 0. The molecule has 2 heteroatoms. The van der Waals surface area contributed by atoms with E-state index in [-0.39, 0.29) is 6.61 Å². The monoisotopic (exact) mass is 146 g/mol. The zero-order valence-electron chi connectivity index (χ0n) is 6.88. The standard InChI is InChI=1S/C3H8O2.C3H6.C2H4/c1-3(5)2-4;1-3-2;1-2/h3-5H,2H2,1H3;3H,1H2,2H3;1-2H2. The van der Waals surface area contributed by atoms with Crippen LogP contribution in [0.1, 0.15) is 13.8 Å². The molecule has 0 saturated carbocycles. The first-order chi connectivity index (χ1) is 4.68. The van der Waals surface area contributed by atoms with Gasteiger partial charge in [-0.1, -0.05) is 6.08 Å². The lowest BCUT2D eigenvalue weighted by molar-refractivity contribution is 0.110. The fourth-order valence-electron chi connectivity index (χ4n) is 0. The molecule has 0 radical (unpaired) electrons. The van der Waals surface area contributed by atoms with E-state index >= 15 is 0 Å². The van der Waals surface area contributed by atoms with Gasteiger partial charge in [0.2, 0.25) is 0 Å². The third-order valence-corrected chi connectivity index (χ3v) is 0.264. The van der Waals surface area contributed by atoms with Gasteiger partial charge < -0.3 is 10.2 Å². The summed E-state index contributed by atoms with van der Waals surface area (Å²) < 4.78 is 0. The Morgan fingerprint density at radius 3 is 1.60 bits per heavy atom. The molecule has 0 aromatic carbocycles. The van der Waals surface area contributed by atoms with E-state index in [4.69, 9.17) is 10.2 Å². The van der Waals surface area contributed by atoms with E-state index < -0.39 is 6.10 Å². The predicted molar refractivity (Wildman–Crippen MR) is 45.9 cm³/mol. The Hall–Kier alpha value is -0.600. The van der Waals surface area contributed by atoms with E-state index in [1.807, 2.05) is 6.92 Å². The average molecular weight is 146 g/mol. The maximum Gasteiger partial charge on any atom is 0.0742 e. The first kappa shape index (κ1) is 16.2. The molecular formula is C8H18O2. The number of hydrogen-bond acceptors (Lipinski definition) is 2. The van der Waals surface area contributed by atoms with Crippen LogP contribution in [0.15, 0.2) is 25.8 Å². The van der Waals surface area contributed by atoms with Crippen LogP contribution in [0.25, 0.3) is 0 Å². The van der Waals surface area contributed by atoms with Gasteiger partial charge in [-0.25, -0.2) is 0 Å². The third-order valence-electron chi connectivity index (χ3n) is 0.264. The summed E-state index contributed by atoms with van der Waals surface area (Å²) in [6, 6.07) is 0. The van der Waals surface area contributed by atoms with Crippen LogP contribution in [-0.2, 0) is 0 Å². The van der Waals surface area contributed by atoms with Crippen molar-refractivity contribution in [3.8, 4) is 0 Å². The van der Waals surface area contributed by atoms with Gasteiger partial charge in [-0.3, -0.25) is 0 Å². The van der Waals surface area contributed by atoms with Crippen LogP contribution in [0, 0.1) is 0 Å². The van der Waals surface area contributed by atoms with Crippen LogP contribution >= 0.6 is 0 Å². The highest BCUT2D eigenvalue weighted by molar-refractivity contribution is 4.51. The molecule has 0 aliphatic rings. The highest BCUT2D eigenvalue weighted by atomic mass is 16.3. The Balaban J connectivity index is -0.0000000847. The van der Waals surface area contributed by atoms with E-state index in [1.54, 1.807) is 6.08 Å². The van der Waals surface area contributed by atoms with Crippen molar-refractivity contribution in [1.82, 2.24) is 0 Å². The molecule has 0 aromatic heterocycles. The van der Waals surface area contributed by atoms with Gasteiger partial charge in [-0.15, -0.1) is 19.7 Å². The molecule has 0 amide bonds. The second-order valence-electron chi connectivity index (χ2n) is 1.44. The molecule has 2 nitrogen and oxygen atoms in total. The molecule has 2 N–H and O–H groups in total. The lowest BCUT2D eigenvalue weighted by Gasteiger charge is -1.90. The zero-order valence-corrected chi connectivity index (χ0v) is 6.88. The topological polar surface area (TPSA) is 40.5 Å². The summed E-state index contributed by atoms with van der Waals surface area (Å²) >= 11 is 0. The molecule has 1 atom stereocenters. The number of allylic oxidation sites excluding steroid dienone is 1. The normalized spacial score (nSPS) is 9.20. The molecular weight excluding hydrogens is 128 g/mol. The highest BCUT2D eigenvalue weighted by Gasteiger charge is 1.83. The van der Waals surface area contributed by atoms with Crippen molar-refractivity contribution in [2.75, 3.05) is 6.61 Å². The Kier molecular flexibility index (Phi) is 38.5. The molecule has 10 heavy (non-hydrogen) atoms. The average Bonchev–Trinajstić information content (AvgIpc) is 1.94. The van der Waals surface area contributed by atoms with Crippen LogP contribution < -0.4 is 0 Å². The van der Waals surface area contributed by atoms with Crippen molar-refractivity contribution < 1.29 is 10.2 Å². The second kappa shape index (κ2) is 23.8. The fraction of sp³-hybridized carbons (Fsp3) is 0.500. The molecule has 0 bridgehead atoms. The summed E-state index contributed by atoms with van der Waals surface area (Å²) in [6.07, 6.45) is 1.19. The van der Waals surface area contributed by atoms with Crippen LogP contribution in [-0.4, -0.2) is 22.9 Å². The second-order valence-corrected chi connectivity index (χ2v) is 1.44. The molecule has 62 valence electrons. The van der Waals surface area contributed by atoms with E-state index in [0.717, 1.165) is 0 Å². The quantitative estimate of drug-likeness (QED) is 0.548. The summed E-state index contributed by atoms with van der Waals surface area (Å²) in [7, 11) is 0. The van der Waals surface area contributed by atoms with Crippen LogP contribution in [0.3, 0.4) is 0 Å². The smallest absolute Gasteiger partial charge is 0.0742 e. The number of rotatable bonds is 1. The van der Waals surface area contributed by atoms with Crippen molar-refractivity contribution in [3.05, 3.63) is 25.8 Å². The van der Waals surface area contributed by atoms with Crippen LogP contribution in [0.4, 0.5) is 0 Å². The molecule has 0 saturated heterocycles. The van der Waals surface area contributed by atoms with Crippen molar-refractivity contribution in [1.29, 1.82) is 0 Å². The van der Waals surface area contributed by atoms with E-state index in [2.05, 4.69) is 19.7 Å². The van der Waals surface area contributed by atoms with Crippen molar-refractivity contribution in [2.45, 2.75) is 20.0 Å². The van der Waals surface area contributed by atoms with Crippen LogP contribution in [0.5, 0.6) is 0 Å². The Morgan fingerprint density at radius 1 is 1.50 bits per heavy atom. The molecule has 0 rings (SSSR count). The minimum atomic E-state index is -0.560. The van der Waals surface area contributed by atoms with Gasteiger partial charge in [0.1, 0.15) is 0 Å². The summed E-state index contributed by atoms with van der Waals surface area (Å²) in [6.45, 7) is 12.6. The first-order valence-corrected chi connectivity index (χ1v) is 3.05. The van der Waals surface area contributed by atoms with Gasteiger partial charge in [0.15, 0.2) is 0 Å². The number of aliphatic hydroxyl groups excluding tert-OH is 2. The SMILES string of the molecule is C=C.C=CC.CC(O)CO. The van der Waals surface area contributed by atoms with Gasteiger partial charge >= 0.3 is 0 Å². The largest absolute Gasteiger partial charge is 0.394 e. The maximum absolute atomic E-state index is 8.11. The molecule has 0 aliphatic heterocycles. The van der Waals surface area contributed by atoms with Gasteiger partial charge in [-0.05, 0) is 13.8 Å². The first-order valence-electron chi connectivity index (χ1n) is 3.05. The third kappa shape index (κ3) is 155. The lowest BCUT2D eigenvalue weighted by Crippen LogP contribution is -2.03. The molecule has 0 spiro atoms. The van der Waals surface area contributed by atoms with Gasteiger partial charge in [0, 0.05) is 0 Å². The molecule has 0 aromatic rings. The van der Waals surface area contributed by atoms with Crippen molar-refractivity contribution in [3.63, 3.8) is 0 Å². The molecule has 0 fully saturated rings. The Bertz CT molecular complexity index is 51.2. The van der Waals surface area contributed by atoms with Crippen molar-refractivity contribution in [2.24, 2.45) is 0 Å². The Labute approximate surface area is 63.5 Å². The highest BCUT2D eigenvalue weighted by Crippen LogP contribution is 1.68. The van der Waals surface area contributed by atoms with Gasteiger partial charge in [0.25, 0.3) is 0 Å². The summed E-state index contributed by atoms with van der Waals surface area (Å²) in [4.78, 5) is 0. The summed E-state index contributed by atoms with van der Waals surface area (Å²) in [5, 5.41) is 16.0. The fourth-order valence-corrected chi connectivity index (χ4v) is 0. The lowest BCUT2D eigenvalue weighted by atomic mass is 10.5. The van der Waals surface area contributed by atoms with Gasteiger partial charge in [-0.2, -0.15) is 0 Å². The summed E-state index contributed by atoms with van der Waals surface area (Å²) in [5.74, 6) is 0. The number of hydrogen-bond donors (Lipinski definition) is 2. The Morgan fingerprint density at radius 2 is 1.60 bits per heavy atom. The van der Waals surface area contributed by atoms with Gasteiger partial charge in [0.05, 0.1) is 12.7 Å². The van der Waals surface area contributed by atoms with Crippen molar-refractivity contribution >= 4 is 0 Å². The molecule has 0 aliphatic carbocycles. The maximum atomic E-state index is 8.11. The predicted octanol–water partition coefficient (Wildman–Crippen LogP) is 1.35. The zero-order chi connectivity index (χ0) is 8.99. The molecule has 0 heterocycles. The molecule has 1 unspecified atom stereocenters.